The number of rotatable bonds is 3. The molecule has 6 heteroatoms. The van der Waals surface area contributed by atoms with Crippen LogP contribution in [-0.4, -0.2) is 49.6 Å². The van der Waals surface area contributed by atoms with Crippen molar-refractivity contribution in [3.05, 3.63) is 12.7 Å². The van der Waals surface area contributed by atoms with E-state index in [-0.39, 0.29) is 17.5 Å². The molecule has 1 heterocycles. The second kappa shape index (κ2) is 4.94. The van der Waals surface area contributed by atoms with Crippen LogP contribution in [0.4, 0.5) is 0 Å². The third-order valence-electron chi connectivity index (χ3n) is 2.47. The third kappa shape index (κ3) is 3.46. The van der Waals surface area contributed by atoms with E-state index in [1.807, 2.05) is 11.9 Å². The van der Waals surface area contributed by atoms with Crippen molar-refractivity contribution >= 4 is 27.2 Å². The molecular formula is C9H16N2O2S2. The van der Waals surface area contributed by atoms with Crippen LogP contribution in [0.2, 0.25) is 0 Å². The number of hydrogen-bond donors (Lipinski definition) is 1. The van der Waals surface area contributed by atoms with Crippen molar-refractivity contribution < 1.29 is 8.42 Å². The molecule has 0 bridgehead atoms. The van der Waals surface area contributed by atoms with Gasteiger partial charge in [0.25, 0.3) is 0 Å². The van der Waals surface area contributed by atoms with Crippen LogP contribution in [0, 0.1) is 0 Å². The number of nitrogens with zero attached hydrogens (tertiary/aromatic N) is 1. The van der Waals surface area contributed by atoms with Gasteiger partial charge < -0.3 is 10.2 Å². The summed E-state index contributed by atoms with van der Waals surface area (Å²) < 4.78 is 22.6. The van der Waals surface area contributed by atoms with Crippen LogP contribution < -0.4 is 5.32 Å². The minimum absolute atomic E-state index is 0.0137. The van der Waals surface area contributed by atoms with E-state index in [4.69, 9.17) is 12.2 Å². The average molecular weight is 248 g/mol. The number of hydrogen-bond acceptors (Lipinski definition) is 3. The molecule has 1 aliphatic rings. The lowest BCUT2D eigenvalue weighted by molar-refractivity contribution is 0.392. The Morgan fingerprint density at radius 3 is 2.87 bits per heavy atom. The largest absolute Gasteiger partial charge is 0.359 e. The van der Waals surface area contributed by atoms with Gasteiger partial charge in [0, 0.05) is 19.6 Å². The molecule has 0 aliphatic carbocycles. The molecule has 0 radical (unpaired) electrons. The van der Waals surface area contributed by atoms with E-state index in [9.17, 15) is 8.42 Å². The molecule has 0 amide bonds. The monoisotopic (exact) mass is 248 g/mol. The third-order valence-corrected chi connectivity index (χ3v) is 4.66. The van der Waals surface area contributed by atoms with E-state index in [1.54, 1.807) is 6.08 Å². The summed E-state index contributed by atoms with van der Waals surface area (Å²) in [6, 6.07) is 0.0137. The molecule has 0 aromatic heterocycles. The number of sulfone groups is 1. The smallest absolute Gasteiger partial charge is 0.169 e. The topological polar surface area (TPSA) is 49.4 Å². The fourth-order valence-corrected chi connectivity index (χ4v) is 3.54. The van der Waals surface area contributed by atoms with Crippen molar-refractivity contribution in [2.45, 2.75) is 12.5 Å². The zero-order chi connectivity index (χ0) is 11.5. The molecule has 1 fully saturated rings. The molecule has 1 rings (SSSR count). The maximum absolute atomic E-state index is 11.3. The maximum Gasteiger partial charge on any atom is 0.169 e. The molecule has 0 saturated carbocycles. The molecule has 1 aliphatic heterocycles. The number of thiocarbonyl (C=S) groups is 1. The van der Waals surface area contributed by atoms with E-state index in [0.717, 1.165) is 0 Å². The SMILES string of the molecule is C=CCNC(=S)N(C)[C@H]1CCS(=O)(=O)C1. The Kier molecular flexibility index (Phi) is 4.10. The second-order valence-electron chi connectivity index (χ2n) is 3.64. The van der Waals surface area contributed by atoms with Gasteiger partial charge >= 0.3 is 0 Å². The van der Waals surface area contributed by atoms with Gasteiger partial charge in [0.05, 0.1) is 11.5 Å². The first-order valence-corrected chi connectivity index (χ1v) is 7.01. The molecule has 0 aromatic carbocycles. The van der Waals surface area contributed by atoms with Crippen LogP contribution in [0.3, 0.4) is 0 Å². The van der Waals surface area contributed by atoms with Crippen LogP contribution in [0.5, 0.6) is 0 Å². The van der Waals surface area contributed by atoms with Gasteiger partial charge in [-0.2, -0.15) is 0 Å². The number of nitrogens with one attached hydrogen (secondary N) is 1. The van der Waals surface area contributed by atoms with E-state index in [0.29, 0.717) is 18.1 Å². The molecule has 1 N–H and O–H groups in total. The summed E-state index contributed by atoms with van der Waals surface area (Å²) in [7, 11) is -1.02. The second-order valence-corrected chi connectivity index (χ2v) is 6.26. The Labute approximate surface area is 96.3 Å². The minimum atomic E-state index is -2.84. The van der Waals surface area contributed by atoms with Crippen LogP contribution in [0.15, 0.2) is 12.7 Å². The lowest BCUT2D eigenvalue weighted by Crippen LogP contribution is -2.43. The average Bonchev–Trinajstić information content (AvgIpc) is 2.54. The van der Waals surface area contributed by atoms with Crippen LogP contribution >= 0.6 is 12.2 Å². The van der Waals surface area contributed by atoms with Gasteiger partial charge in [0.2, 0.25) is 0 Å². The van der Waals surface area contributed by atoms with Crippen LogP contribution in [0.1, 0.15) is 6.42 Å². The van der Waals surface area contributed by atoms with Gasteiger partial charge in [-0.3, -0.25) is 0 Å². The van der Waals surface area contributed by atoms with Crippen LogP contribution in [-0.2, 0) is 9.84 Å². The first kappa shape index (κ1) is 12.4. The van der Waals surface area contributed by atoms with Crippen molar-refractivity contribution in [1.82, 2.24) is 10.2 Å². The van der Waals surface area contributed by atoms with E-state index >= 15 is 0 Å². The maximum atomic E-state index is 11.3. The first-order chi connectivity index (χ1) is 6.96. The summed E-state index contributed by atoms with van der Waals surface area (Å²) in [5.74, 6) is 0.478. The van der Waals surface area contributed by atoms with E-state index < -0.39 is 9.84 Å². The highest BCUT2D eigenvalue weighted by Gasteiger charge is 2.31. The van der Waals surface area contributed by atoms with Gasteiger partial charge in [-0.25, -0.2) is 8.42 Å². The molecule has 0 spiro atoms. The fourth-order valence-electron chi connectivity index (χ4n) is 1.53. The van der Waals surface area contributed by atoms with Gasteiger partial charge in [-0.1, -0.05) is 6.08 Å². The zero-order valence-corrected chi connectivity index (χ0v) is 10.4. The lowest BCUT2D eigenvalue weighted by atomic mass is 10.2. The molecule has 1 saturated heterocycles. The van der Waals surface area contributed by atoms with E-state index in [1.165, 1.54) is 0 Å². The Hall–Kier alpha value is -0.620. The molecule has 0 unspecified atom stereocenters. The lowest BCUT2D eigenvalue weighted by Gasteiger charge is -2.26. The predicted octanol–water partition coefficient (Wildman–Crippen LogP) is 0.166. The van der Waals surface area contributed by atoms with Crippen LogP contribution in [0.25, 0.3) is 0 Å². The standard InChI is InChI=1S/C9H16N2O2S2/c1-3-5-10-9(14)11(2)8-4-6-15(12,13)7-8/h3,8H,1,4-7H2,2H3,(H,10,14)/t8-/m0/s1. The summed E-state index contributed by atoms with van der Waals surface area (Å²) in [6.07, 6.45) is 2.38. The molecule has 4 nitrogen and oxygen atoms in total. The van der Waals surface area contributed by atoms with Gasteiger partial charge in [-0.15, -0.1) is 6.58 Å². The Morgan fingerprint density at radius 2 is 2.40 bits per heavy atom. The molecule has 0 aromatic rings. The Morgan fingerprint density at radius 1 is 1.73 bits per heavy atom. The molecule has 15 heavy (non-hydrogen) atoms. The summed E-state index contributed by atoms with van der Waals surface area (Å²) in [5.41, 5.74) is 0. The molecule has 86 valence electrons. The highest BCUT2D eigenvalue weighted by Crippen LogP contribution is 2.16. The van der Waals surface area contributed by atoms with E-state index in [2.05, 4.69) is 11.9 Å². The highest BCUT2D eigenvalue weighted by atomic mass is 32.2. The predicted molar refractivity (Wildman–Crippen MR) is 65.6 cm³/mol. The van der Waals surface area contributed by atoms with Crippen molar-refractivity contribution in [2.24, 2.45) is 0 Å². The summed E-state index contributed by atoms with van der Waals surface area (Å²) >= 11 is 5.13. The Balaban J connectivity index is 2.51. The van der Waals surface area contributed by atoms with Gasteiger partial charge in [-0.05, 0) is 18.6 Å². The summed E-state index contributed by atoms with van der Waals surface area (Å²) in [6.45, 7) is 4.18. The minimum Gasteiger partial charge on any atom is -0.359 e. The fraction of sp³-hybridized carbons (Fsp3) is 0.667. The zero-order valence-electron chi connectivity index (χ0n) is 8.77. The van der Waals surface area contributed by atoms with Crippen molar-refractivity contribution in [3.8, 4) is 0 Å². The van der Waals surface area contributed by atoms with Gasteiger partial charge in [0.1, 0.15) is 0 Å². The quantitative estimate of drug-likeness (QED) is 0.570. The first-order valence-electron chi connectivity index (χ1n) is 4.78. The molecule has 1 atom stereocenters. The van der Waals surface area contributed by atoms with Crippen molar-refractivity contribution in [3.63, 3.8) is 0 Å². The van der Waals surface area contributed by atoms with Gasteiger partial charge in [0.15, 0.2) is 14.9 Å². The Bertz CT molecular complexity index is 351. The summed E-state index contributed by atoms with van der Waals surface area (Å²) in [4.78, 5) is 1.82. The van der Waals surface area contributed by atoms with Crippen molar-refractivity contribution in [1.29, 1.82) is 0 Å². The highest BCUT2D eigenvalue weighted by molar-refractivity contribution is 7.91. The molecular weight excluding hydrogens is 232 g/mol. The van der Waals surface area contributed by atoms with Crippen molar-refractivity contribution in [2.75, 3.05) is 25.1 Å². The normalized spacial score (nSPS) is 23.4. The summed E-state index contributed by atoms with van der Waals surface area (Å²) in [5, 5.41) is 3.56.